The van der Waals surface area contributed by atoms with Crippen molar-refractivity contribution in [2.45, 2.75) is 26.8 Å². The number of piperazine rings is 1. The lowest BCUT2D eigenvalue weighted by atomic mass is 9.94. The molecule has 3 heterocycles. The number of hydrogen-bond acceptors (Lipinski definition) is 8. The highest BCUT2D eigenvalue weighted by Crippen LogP contribution is 2.40. The molecule has 1 saturated heterocycles. The number of benzene rings is 1. The summed E-state index contributed by atoms with van der Waals surface area (Å²) in [5, 5.41) is 2.69. The first kappa shape index (κ1) is 24.9. The summed E-state index contributed by atoms with van der Waals surface area (Å²) >= 11 is 6.60. The number of aromatic nitrogens is 1. The average molecular weight is 542 g/mol. The van der Waals surface area contributed by atoms with E-state index in [9.17, 15) is 9.18 Å². The highest BCUT2D eigenvalue weighted by Gasteiger charge is 2.40. The third-order valence-corrected chi connectivity index (χ3v) is 7.23. The number of carbonyl (C=O) groups excluding carboxylic acids is 1. The van der Waals surface area contributed by atoms with Crippen LogP contribution in [-0.4, -0.2) is 58.5 Å². The van der Waals surface area contributed by atoms with Gasteiger partial charge in [0.15, 0.2) is 10.8 Å². The average Bonchev–Trinajstić information content (AvgIpc) is 3.34. The van der Waals surface area contributed by atoms with Gasteiger partial charge in [0.05, 0.1) is 18.7 Å². The summed E-state index contributed by atoms with van der Waals surface area (Å²) in [6.07, 6.45) is 3.76. The van der Waals surface area contributed by atoms with Crippen molar-refractivity contribution in [3.8, 4) is 0 Å². The fraction of sp³-hybridized carbons (Fsp3) is 0.409. The number of fused-ring (bicyclic) bond motifs is 1. The lowest BCUT2D eigenvalue weighted by Crippen LogP contribution is -2.48. The molecule has 172 valence electrons. The van der Waals surface area contributed by atoms with Crippen LogP contribution in [0.4, 0.5) is 4.39 Å². The predicted molar refractivity (Wildman–Crippen MR) is 132 cm³/mol. The summed E-state index contributed by atoms with van der Waals surface area (Å²) in [6, 6.07) is 3.82. The molecule has 0 spiro atoms. The number of esters is 1. The zero-order chi connectivity index (χ0) is 23.3. The molecule has 6 nitrogen and oxygen atoms in total. The quantitative estimate of drug-likeness (QED) is 0.379. The van der Waals surface area contributed by atoms with Crippen molar-refractivity contribution in [3.63, 3.8) is 0 Å². The minimum Gasteiger partial charge on any atom is -0.463 e. The van der Waals surface area contributed by atoms with E-state index >= 15 is 0 Å². The van der Waals surface area contributed by atoms with Gasteiger partial charge >= 0.3 is 5.97 Å². The number of thiazole rings is 1. The van der Waals surface area contributed by atoms with Gasteiger partial charge in [-0.1, -0.05) is 47.8 Å². The number of nitrogens with zero attached hydrogens (tertiary/aromatic N) is 4. The molecule has 4 rings (SSSR count). The number of carbonyl (C=O) groups is 1. The van der Waals surface area contributed by atoms with E-state index in [1.54, 1.807) is 31.1 Å². The number of ether oxygens (including phenoxy) is 1. The fourth-order valence-corrected chi connectivity index (χ4v) is 5.33. The normalized spacial score (nSPS) is 18.5. The summed E-state index contributed by atoms with van der Waals surface area (Å²) in [5.41, 5.74) is 2.06. The molecule has 2 aliphatic rings. The molecule has 10 heteroatoms. The maximum atomic E-state index is 13.8. The van der Waals surface area contributed by atoms with E-state index in [1.165, 1.54) is 23.5 Å². The molecule has 0 N–H and O–H groups in total. The Kier molecular flexibility index (Phi) is 8.87. The first-order valence-electron chi connectivity index (χ1n) is 10.4. The molecule has 2 aliphatic heterocycles. The SMILES string of the molecule is CC.CCOC(=O)C1=C2CN(SC)CCN2C(c2nccs2)=NC1c1ccc(F)cc1Br. The third kappa shape index (κ3) is 5.08. The Morgan fingerprint density at radius 1 is 1.38 bits per heavy atom. The van der Waals surface area contributed by atoms with Crippen molar-refractivity contribution in [2.75, 3.05) is 32.5 Å². The van der Waals surface area contributed by atoms with Crippen molar-refractivity contribution in [1.82, 2.24) is 14.2 Å². The van der Waals surface area contributed by atoms with Gasteiger partial charge in [0.1, 0.15) is 11.9 Å². The fourth-order valence-electron chi connectivity index (χ4n) is 3.60. The topological polar surface area (TPSA) is 58.0 Å². The Bertz CT molecular complexity index is 1010. The smallest absolute Gasteiger partial charge is 0.338 e. The predicted octanol–water partition coefficient (Wildman–Crippen LogP) is 5.29. The van der Waals surface area contributed by atoms with Crippen LogP contribution >= 0.6 is 39.2 Å². The Balaban J connectivity index is 0.00000141. The Morgan fingerprint density at radius 3 is 2.78 bits per heavy atom. The number of rotatable bonds is 5. The minimum absolute atomic E-state index is 0.266. The Morgan fingerprint density at radius 2 is 2.16 bits per heavy atom. The molecule has 0 aliphatic carbocycles. The summed E-state index contributed by atoms with van der Waals surface area (Å²) in [5.74, 6) is -0.0256. The van der Waals surface area contributed by atoms with Gasteiger partial charge in [-0.3, -0.25) is 4.99 Å². The van der Waals surface area contributed by atoms with E-state index in [0.717, 1.165) is 23.1 Å². The van der Waals surface area contributed by atoms with Gasteiger partial charge < -0.3 is 9.64 Å². The standard InChI is InChI=1S/C20H20BrFN4O2S2.C2H6/c1-3-28-20(27)16-15-11-25(29-2)7-8-26(15)18(19-23-6-9-30-19)24-17(16)13-5-4-12(22)10-14(13)21;1-2/h4-6,9-10,17H,3,7-8,11H2,1-2H3;1-2H3. The first-order valence-corrected chi connectivity index (χ1v) is 13.3. The van der Waals surface area contributed by atoms with Crippen LogP contribution in [0.1, 0.15) is 37.4 Å². The zero-order valence-electron chi connectivity index (χ0n) is 18.5. The minimum atomic E-state index is -0.619. The molecule has 1 fully saturated rings. The zero-order valence-corrected chi connectivity index (χ0v) is 21.7. The van der Waals surface area contributed by atoms with Crippen molar-refractivity contribution >= 4 is 51.0 Å². The molecule has 1 unspecified atom stereocenters. The molecular formula is C22H26BrFN4O2S2. The van der Waals surface area contributed by atoms with E-state index in [1.807, 2.05) is 25.5 Å². The van der Waals surface area contributed by atoms with E-state index in [2.05, 4.69) is 30.1 Å². The van der Waals surface area contributed by atoms with Gasteiger partial charge in [0, 0.05) is 34.8 Å². The number of aliphatic imine (C=N–C) groups is 1. The van der Waals surface area contributed by atoms with E-state index in [0.29, 0.717) is 28.7 Å². The van der Waals surface area contributed by atoms with Crippen LogP contribution in [0.2, 0.25) is 0 Å². The van der Waals surface area contributed by atoms with Gasteiger partial charge in [0.2, 0.25) is 0 Å². The second-order valence-electron chi connectivity index (χ2n) is 6.64. The van der Waals surface area contributed by atoms with Crippen molar-refractivity contribution in [3.05, 3.63) is 61.9 Å². The van der Waals surface area contributed by atoms with Crippen LogP contribution in [0, 0.1) is 5.82 Å². The largest absolute Gasteiger partial charge is 0.463 e. The molecule has 0 bridgehead atoms. The summed E-state index contributed by atoms with van der Waals surface area (Å²) in [7, 11) is 0. The van der Waals surface area contributed by atoms with E-state index < -0.39 is 12.0 Å². The lowest BCUT2D eigenvalue weighted by molar-refractivity contribution is -0.139. The first-order chi connectivity index (χ1) is 15.5. The van der Waals surface area contributed by atoms with Crippen molar-refractivity contribution < 1.29 is 13.9 Å². The monoisotopic (exact) mass is 540 g/mol. The van der Waals surface area contributed by atoms with Crippen LogP contribution < -0.4 is 0 Å². The molecule has 1 aromatic carbocycles. The Hall–Kier alpha value is -1.75. The van der Waals surface area contributed by atoms with Crippen LogP contribution in [0.25, 0.3) is 0 Å². The third-order valence-electron chi connectivity index (χ3n) is 4.95. The molecule has 32 heavy (non-hydrogen) atoms. The number of hydrogen-bond donors (Lipinski definition) is 0. The summed E-state index contributed by atoms with van der Waals surface area (Å²) in [6.45, 7) is 8.15. The molecule has 0 saturated carbocycles. The van der Waals surface area contributed by atoms with Crippen LogP contribution in [0.5, 0.6) is 0 Å². The van der Waals surface area contributed by atoms with Gasteiger partial charge in [-0.15, -0.1) is 11.3 Å². The molecule has 2 aromatic rings. The van der Waals surface area contributed by atoms with Gasteiger partial charge in [-0.2, -0.15) is 0 Å². The molecule has 0 radical (unpaired) electrons. The van der Waals surface area contributed by atoms with Gasteiger partial charge in [0.25, 0.3) is 0 Å². The summed E-state index contributed by atoms with van der Waals surface area (Å²) in [4.78, 5) is 24.6. The van der Waals surface area contributed by atoms with Crippen LogP contribution in [0.15, 0.2) is 50.5 Å². The summed E-state index contributed by atoms with van der Waals surface area (Å²) < 4.78 is 21.9. The van der Waals surface area contributed by atoms with Crippen LogP contribution in [0.3, 0.4) is 0 Å². The van der Waals surface area contributed by atoms with Crippen LogP contribution in [-0.2, 0) is 9.53 Å². The van der Waals surface area contributed by atoms with E-state index in [-0.39, 0.29) is 12.4 Å². The second-order valence-corrected chi connectivity index (χ2v) is 9.27. The Labute approximate surface area is 204 Å². The molecule has 0 amide bonds. The highest BCUT2D eigenvalue weighted by molar-refractivity contribution is 9.10. The number of amidine groups is 1. The highest BCUT2D eigenvalue weighted by atomic mass is 79.9. The van der Waals surface area contributed by atoms with Gasteiger partial charge in [-0.25, -0.2) is 18.5 Å². The van der Waals surface area contributed by atoms with Crippen molar-refractivity contribution in [1.29, 1.82) is 0 Å². The molecule has 1 aromatic heterocycles. The second kappa shape index (κ2) is 11.4. The van der Waals surface area contributed by atoms with E-state index in [4.69, 9.17) is 9.73 Å². The molecular weight excluding hydrogens is 515 g/mol. The molecule has 1 atom stereocenters. The lowest BCUT2D eigenvalue weighted by Gasteiger charge is -2.41. The maximum absolute atomic E-state index is 13.8. The van der Waals surface area contributed by atoms with Crippen molar-refractivity contribution in [2.24, 2.45) is 4.99 Å². The maximum Gasteiger partial charge on any atom is 0.338 e. The number of halogens is 2. The van der Waals surface area contributed by atoms with Gasteiger partial charge in [-0.05, 0) is 30.9 Å².